The minimum absolute atomic E-state index is 0.711. The second-order valence-electron chi connectivity index (χ2n) is 5.75. The number of unbranched alkanes of at least 4 members (excludes halogenated alkanes) is 1. The molecule has 2 aromatic rings. The van der Waals surface area contributed by atoms with E-state index in [2.05, 4.69) is 50.4 Å². The van der Waals surface area contributed by atoms with Gasteiger partial charge in [0, 0.05) is 17.8 Å². The maximum atomic E-state index is 5.98. The number of rotatable bonds is 8. The van der Waals surface area contributed by atoms with E-state index in [9.17, 15) is 0 Å². The van der Waals surface area contributed by atoms with Crippen molar-refractivity contribution in [2.45, 2.75) is 40.2 Å². The molecule has 0 aromatic heterocycles. The molecule has 0 aliphatic heterocycles. The predicted octanol–water partition coefficient (Wildman–Crippen LogP) is 5.10. The van der Waals surface area contributed by atoms with Crippen LogP contribution in [0.2, 0.25) is 0 Å². The van der Waals surface area contributed by atoms with Crippen molar-refractivity contribution in [3.05, 3.63) is 53.1 Å². The molecule has 0 heterocycles. The van der Waals surface area contributed by atoms with E-state index in [1.807, 2.05) is 12.1 Å². The lowest BCUT2D eigenvalue weighted by Gasteiger charge is -2.17. The first-order valence-corrected chi connectivity index (χ1v) is 8.26. The Bertz CT molecular complexity index is 638. The van der Waals surface area contributed by atoms with Crippen LogP contribution in [-0.2, 0) is 6.54 Å². The fraction of sp³-hybridized carbons (Fsp3) is 0.400. The van der Waals surface area contributed by atoms with Crippen LogP contribution in [0.25, 0.3) is 0 Å². The van der Waals surface area contributed by atoms with E-state index in [0.717, 1.165) is 35.6 Å². The van der Waals surface area contributed by atoms with Crippen molar-refractivity contribution in [3.63, 3.8) is 0 Å². The molecule has 0 radical (unpaired) electrons. The van der Waals surface area contributed by atoms with Gasteiger partial charge in [0.15, 0.2) is 11.5 Å². The number of hydrogen-bond acceptors (Lipinski definition) is 3. The lowest BCUT2D eigenvalue weighted by Crippen LogP contribution is -2.07. The van der Waals surface area contributed by atoms with Crippen LogP contribution in [0, 0.1) is 13.8 Å². The molecule has 0 saturated carbocycles. The summed E-state index contributed by atoms with van der Waals surface area (Å²) in [7, 11) is 1.68. The molecule has 0 aliphatic carbocycles. The van der Waals surface area contributed by atoms with Gasteiger partial charge in [-0.1, -0.05) is 37.6 Å². The van der Waals surface area contributed by atoms with Gasteiger partial charge in [0.25, 0.3) is 0 Å². The van der Waals surface area contributed by atoms with Gasteiger partial charge in [-0.2, -0.15) is 0 Å². The third-order valence-electron chi connectivity index (χ3n) is 4.10. The normalized spacial score (nSPS) is 10.4. The predicted molar refractivity (Wildman–Crippen MR) is 96.6 cm³/mol. The van der Waals surface area contributed by atoms with Crippen molar-refractivity contribution < 1.29 is 9.47 Å². The van der Waals surface area contributed by atoms with Gasteiger partial charge >= 0.3 is 0 Å². The summed E-state index contributed by atoms with van der Waals surface area (Å²) in [6, 6.07) is 12.4. The van der Waals surface area contributed by atoms with Crippen molar-refractivity contribution in [2.24, 2.45) is 0 Å². The summed E-state index contributed by atoms with van der Waals surface area (Å²) in [5.74, 6) is 1.64. The van der Waals surface area contributed by atoms with Crippen LogP contribution in [0.5, 0.6) is 11.5 Å². The second kappa shape index (κ2) is 8.47. The molecule has 3 heteroatoms. The Hall–Kier alpha value is -2.16. The number of benzene rings is 2. The first kappa shape index (κ1) is 17.2. The van der Waals surface area contributed by atoms with Gasteiger partial charge in [0.05, 0.1) is 13.7 Å². The molecule has 3 nitrogen and oxygen atoms in total. The van der Waals surface area contributed by atoms with E-state index in [1.54, 1.807) is 7.11 Å². The molecule has 0 bridgehead atoms. The van der Waals surface area contributed by atoms with Crippen molar-refractivity contribution in [2.75, 3.05) is 19.0 Å². The first-order chi connectivity index (χ1) is 11.2. The number of ether oxygens (including phenoxy) is 2. The molecular formula is C20H27NO2. The Labute approximate surface area is 139 Å². The first-order valence-electron chi connectivity index (χ1n) is 8.26. The smallest absolute Gasteiger partial charge is 0.166 e. The maximum Gasteiger partial charge on any atom is 0.166 e. The van der Waals surface area contributed by atoms with Crippen LogP contribution in [0.15, 0.2) is 36.4 Å². The summed E-state index contributed by atoms with van der Waals surface area (Å²) in [4.78, 5) is 0. The van der Waals surface area contributed by atoms with E-state index < -0.39 is 0 Å². The number of hydrogen-bond donors (Lipinski definition) is 1. The number of nitrogens with one attached hydrogen (secondary N) is 1. The Balaban J connectivity index is 2.16. The zero-order valence-corrected chi connectivity index (χ0v) is 14.6. The van der Waals surface area contributed by atoms with Gasteiger partial charge in [0.2, 0.25) is 0 Å². The molecule has 0 saturated heterocycles. The highest BCUT2D eigenvalue weighted by atomic mass is 16.5. The lowest BCUT2D eigenvalue weighted by molar-refractivity contribution is 0.285. The third-order valence-corrected chi connectivity index (χ3v) is 4.10. The fourth-order valence-corrected chi connectivity index (χ4v) is 2.48. The van der Waals surface area contributed by atoms with Gasteiger partial charge in [-0.3, -0.25) is 0 Å². The largest absolute Gasteiger partial charge is 0.493 e. The molecule has 23 heavy (non-hydrogen) atoms. The van der Waals surface area contributed by atoms with Gasteiger partial charge in [-0.05, 0) is 43.5 Å². The van der Waals surface area contributed by atoms with Crippen LogP contribution < -0.4 is 14.8 Å². The Morgan fingerprint density at radius 2 is 1.83 bits per heavy atom. The minimum Gasteiger partial charge on any atom is -0.493 e. The summed E-state index contributed by atoms with van der Waals surface area (Å²) in [5, 5.41) is 3.52. The molecule has 2 rings (SSSR count). The van der Waals surface area contributed by atoms with Crippen molar-refractivity contribution in [3.8, 4) is 11.5 Å². The summed E-state index contributed by atoms with van der Waals surface area (Å²) in [6.45, 7) is 7.86. The molecule has 2 aromatic carbocycles. The molecule has 0 unspecified atom stereocenters. The molecule has 0 fully saturated rings. The topological polar surface area (TPSA) is 30.5 Å². The van der Waals surface area contributed by atoms with Crippen molar-refractivity contribution in [1.82, 2.24) is 0 Å². The zero-order chi connectivity index (χ0) is 16.7. The number of para-hydroxylation sites is 1. The van der Waals surface area contributed by atoms with E-state index in [1.165, 1.54) is 11.1 Å². The van der Waals surface area contributed by atoms with Crippen LogP contribution in [-0.4, -0.2) is 13.7 Å². The second-order valence-corrected chi connectivity index (χ2v) is 5.75. The summed E-state index contributed by atoms with van der Waals surface area (Å²) < 4.78 is 11.4. The average molecular weight is 313 g/mol. The van der Waals surface area contributed by atoms with Crippen LogP contribution >= 0.6 is 0 Å². The molecular weight excluding hydrogens is 286 g/mol. The highest BCUT2D eigenvalue weighted by molar-refractivity contribution is 5.55. The average Bonchev–Trinajstić information content (AvgIpc) is 2.57. The fourth-order valence-electron chi connectivity index (χ4n) is 2.48. The maximum absolute atomic E-state index is 5.98. The van der Waals surface area contributed by atoms with Crippen LogP contribution in [0.1, 0.15) is 36.5 Å². The third kappa shape index (κ3) is 4.41. The molecule has 1 N–H and O–H groups in total. The van der Waals surface area contributed by atoms with E-state index in [4.69, 9.17) is 9.47 Å². The number of methoxy groups -OCH3 is 1. The van der Waals surface area contributed by atoms with Crippen molar-refractivity contribution in [1.29, 1.82) is 0 Å². The van der Waals surface area contributed by atoms with Crippen LogP contribution in [0.4, 0.5) is 5.69 Å². The van der Waals surface area contributed by atoms with Gasteiger partial charge < -0.3 is 14.8 Å². The van der Waals surface area contributed by atoms with E-state index in [0.29, 0.717) is 13.2 Å². The SMILES string of the molecule is CCCCOc1c(CNc2cccc(C)c2C)cccc1OC. The standard InChI is InChI=1S/C20H27NO2/c1-5-6-13-23-20-17(10-8-12-19(20)22-4)14-21-18-11-7-9-15(2)16(18)3/h7-12,21H,5-6,13-14H2,1-4H3. The van der Waals surface area contributed by atoms with Gasteiger partial charge in [-0.15, -0.1) is 0 Å². The van der Waals surface area contributed by atoms with Crippen LogP contribution in [0.3, 0.4) is 0 Å². The Morgan fingerprint density at radius 3 is 2.57 bits per heavy atom. The van der Waals surface area contributed by atoms with Crippen molar-refractivity contribution >= 4 is 5.69 Å². The Morgan fingerprint density at radius 1 is 1.04 bits per heavy atom. The highest BCUT2D eigenvalue weighted by Gasteiger charge is 2.11. The molecule has 0 spiro atoms. The van der Waals surface area contributed by atoms with Gasteiger partial charge in [0.1, 0.15) is 0 Å². The summed E-state index contributed by atoms with van der Waals surface area (Å²) in [5.41, 5.74) is 4.84. The monoisotopic (exact) mass is 313 g/mol. The lowest BCUT2D eigenvalue weighted by atomic mass is 10.1. The molecule has 0 atom stereocenters. The number of aryl methyl sites for hydroxylation is 1. The zero-order valence-electron chi connectivity index (χ0n) is 14.6. The van der Waals surface area contributed by atoms with Gasteiger partial charge in [-0.25, -0.2) is 0 Å². The molecule has 0 aliphatic rings. The minimum atomic E-state index is 0.711. The summed E-state index contributed by atoms with van der Waals surface area (Å²) in [6.07, 6.45) is 2.16. The van der Waals surface area contributed by atoms with E-state index >= 15 is 0 Å². The quantitative estimate of drug-likeness (QED) is 0.687. The highest BCUT2D eigenvalue weighted by Crippen LogP contribution is 2.32. The molecule has 0 amide bonds. The molecule has 124 valence electrons. The number of anilines is 1. The Kier molecular flexibility index (Phi) is 6.33. The summed E-state index contributed by atoms with van der Waals surface area (Å²) >= 11 is 0. The van der Waals surface area contributed by atoms with E-state index in [-0.39, 0.29) is 0 Å².